The fraction of sp³-hybridized carbons (Fsp3) is 0.500. The number of carbonyl (C=O) groups is 1. The highest BCUT2D eigenvalue weighted by Crippen LogP contribution is 2.41. The summed E-state index contributed by atoms with van der Waals surface area (Å²) in [4.78, 5) is 25.7. The van der Waals surface area contributed by atoms with Gasteiger partial charge in [-0.05, 0) is 56.1 Å². The lowest BCUT2D eigenvalue weighted by Gasteiger charge is -2.24. The summed E-state index contributed by atoms with van der Waals surface area (Å²) in [5.41, 5.74) is 1.78. The van der Waals surface area contributed by atoms with Crippen molar-refractivity contribution < 1.29 is 9.18 Å². The third-order valence-corrected chi connectivity index (χ3v) is 7.39. The number of likely N-dealkylation sites (tertiary alicyclic amines) is 1. The van der Waals surface area contributed by atoms with E-state index < -0.39 is 0 Å². The van der Waals surface area contributed by atoms with Crippen molar-refractivity contribution >= 4 is 33.3 Å². The quantitative estimate of drug-likeness (QED) is 0.787. The monoisotopic (exact) mass is 412 g/mol. The Labute approximate surface area is 173 Å². The average Bonchev–Trinajstić information content (AvgIpc) is 3.37. The van der Waals surface area contributed by atoms with Gasteiger partial charge in [0.05, 0.1) is 11.1 Å². The van der Waals surface area contributed by atoms with Gasteiger partial charge in [-0.2, -0.15) is 0 Å². The SMILES string of the molecule is O=C(CC1CCc2c(sc3ncnc(NC4=C(F)CCC=C4)c23)C1)N1CCCC1. The first kappa shape index (κ1) is 18.7. The van der Waals surface area contributed by atoms with Crippen molar-refractivity contribution in [2.75, 3.05) is 18.4 Å². The molecule has 1 unspecified atom stereocenters. The van der Waals surface area contributed by atoms with Crippen molar-refractivity contribution in [1.29, 1.82) is 0 Å². The molecular weight excluding hydrogens is 387 g/mol. The van der Waals surface area contributed by atoms with Gasteiger partial charge < -0.3 is 10.2 Å². The van der Waals surface area contributed by atoms with Gasteiger partial charge in [0.1, 0.15) is 22.8 Å². The minimum absolute atomic E-state index is 0.121. The number of hydrogen-bond acceptors (Lipinski definition) is 5. The normalized spacial score (nSPS) is 21.7. The Morgan fingerprint density at radius 1 is 1.28 bits per heavy atom. The number of rotatable bonds is 4. The van der Waals surface area contributed by atoms with Crippen molar-refractivity contribution in [3.05, 3.63) is 40.4 Å². The Morgan fingerprint density at radius 3 is 2.97 bits per heavy atom. The molecule has 7 heteroatoms. The molecule has 0 spiro atoms. The maximum Gasteiger partial charge on any atom is 0.222 e. The molecule has 3 aliphatic rings. The van der Waals surface area contributed by atoms with E-state index in [4.69, 9.17) is 0 Å². The molecule has 152 valence electrons. The van der Waals surface area contributed by atoms with Crippen molar-refractivity contribution in [2.45, 2.75) is 51.4 Å². The molecule has 1 saturated heterocycles. The number of fused-ring (bicyclic) bond motifs is 3. The van der Waals surface area contributed by atoms with Crippen LogP contribution in [0.2, 0.25) is 0 Å². The molecule has 29 heavy (non-hydrogen) atoms. The molecule has 0 saturated carbocycles. The second-order valence-electron chi connectivity index (χ2n) is 8.19. The summed E-state index contributed by atoms with van der Waals surface area (Å²) < 4.78 is 14.2. The van der Waals surface area contributed by atoms with Crippen LogP contribution in [0.1, 0.15) is 49.0 Å². The highest BCUT2D eigenvalue weighted by molar-refractivity contribution is 7.19. The lowest BCUT2D eigenvalue weighted by atomic mass is 9.85. The number of halogens is 1. The number of thiophene rings is 1. The molecule has 2 aliphatic carbocycles. The van der Waals surface area contributed by atoms with Gasteiger partial charge in [0, 0.05) is 30.8 Å². The van der Waals surface area contributed by atoms with E-state index in [1.165, 1.54) is 10.4 Å². The van der Waals surface area contributed by atoms with Crippen LogP contribution < -0.4 is 5.32 Å². The molecule has 2 aromatic heterocycles. The number of hydrogen-bond donors (Lipinski definition) is 1. The molecule has 2 aromatic rings. The number of amides is 1. The van der Waals surface area contributed by atoms with E-state index in [-0.39, 0.29) is 5.83 Å². The zero-order valence-corrected chi connectivity index (χ0v) is 17.2. The summed E-state index contributed by atoms with van der Waals surface area (Å²) in [5.74, 6) is 1.28. The lowest BCUT2D eigenvalue weighted by molar-refractivity contribution is -0.131. The first-order valence-electron chi connectivity index (χ1n) is 10.5. The second-order valence-corrected chi connectivity index (χ2v) is 9.28. The Hall–Kier alpha value is -2.28. The van der Waals surface area contributed by atoms with Gasteiger partial charge in [-0.15, -0.1) is 11.3 Å². The Kier molecular flexibility index (Phi) is 5.08. The van der Waals surface area contributed by atoms with E-state index in [1.807, 2.05) is 11.0 Å². The van der Waals surface area contributed by atoms with E-state index in [2.05, 4.69) is 15.3 Å². The fourth-order valence-corrected chi connectivity index (χ4v) is 5.97. The molecule has 1 fully saturated rings. The van der Waals surface area contributed by atoms with Crippen LogP contribution in [0.15, 0.2) is 30.0 Å². The maximum absolute atomic E-state index is 14.2. The van der Waals surface area contributed by atoms with Crippen LogP contribution in [0.4, 0.5) is 10.2 Å². The van der Waals surface area contributed by atoms with Crippen molar-refractivity contribution in [1.82, 2.24) is 14.9 Å². The Morgan fingerprint density at radius 2 is 2.14 bits per heavy atom. The third kappa shape index (κ3) is 3.68. The van der Waals surface area contributed by atoms with E-state index >= 15 is 0 Å². The molecule has 1 N–H and O–H groups in total. The topological polar surface area (TPSA) is 58.1 Å². The van der Waals surface area contributed by atoms with Gasteiger partial charge in [-0.25, -0.2) is 14.4 Å². The fourth-order valence-electron chi connectivity index (χ4n) is 4.66. The molecule has 5 rings (SSSR count). The maximum atomic E-state index is 14.2. The zero-order valence-electron chi connectivity index (χ0n) is 16.4. The number of nitrogens with zero attached hydrogens (tertiary/aromatic N) is 3. The largest absolute Gasteiger partial charge is 0.343 e. The second kappa shape index (κ2) is 7.86. The molecule has 0 aromatic carbocycles. The van der Waals surface area contributed by atoms with Crippen molar-refractivity contribution in [3.8, 4) is 0 Å². The standard InChI is InChI=1S/C22H25FN4OS/c23-16-5-1-2-6-17(16)26-21-20-15-8-7-14(12-19(28)27-9-3-4-10-27)11-18(15)29-22(20)25-13-24-21/h2,6,13-14H,1,3-5,7-12H2,(H,24,25,26). The highest BCUT2D eigenvalue weighted by atomic mass is 32.1. The molecule has 3 heterocycles. The van der Waals surface area contributed by atoms with Crippen LogP contribution in [-0.4, -0.2) is 33.9 Å². The van der Waals surface area contributed by atoms with Gasteiger partial charge in [0.25, 0.3) is 0 Å². The highest BCUT2D eigenvalue weighted by Gasteiger charge is 2.28. The summed E-state index contributed by atoms with van der Waals surface area (Å²) >= 11 is 1.70. The van der Waals surface area contributed by atoms with E-state index in [0.717, 1.165) is 61.8 Å². The number of carbonyl (C=O) groups excluding carboxylic acids is 1. The van der Waals surface area contributed by atoms with Crippen LogP contribution >= 0.6 is 11.3 Å². The van der Waals surface area contributed by atoms with Gasteiger partial charge in [0.15, 0.2) is 0 Å². The van der Waals surface area contributed by atoms with Crippen molar-refractivity contribution in [2.24, 2.45) is 5.92 Å². The molecule has 0 radical (unpaired) electrons. The number of anilines is 1. The first-order valence-corrected chi connectivity index (χ1v) is 11.4. The van der Waals surface area contributed by atoms with Gasteiger partial charge in [0.2, 0.25) is 5.91 Å². The molecule has 0 bridgehead atoms. The van der Waals surface area contributed by atoms with E-state index in [1.54, 1.807) is 23.7 Å². The lowest BCUT2D eigenvalue weighted by Crippen LogP contribution is -2.30. The van der Waals surface area contributed by atoms with Crippen LogP contribution in [0.25, 0.3) is 10.2 Å². The Balaban J connectivity index is 1.38. The minimum Gasteiger partial charge on any atom is -0.343 e. The van der Waals surface area contributed by atoms with Crippen molar-refractivity contribution in [3.63, 3.8) is 0 Å². The predicted molar refractivity (Wildman–Crippen MR) is 113 cm³/mol. The summed E-state index contributed by atoms with van der Waals surface area (Å²) in [6, 6.07) is 0. The summed E-state index contributed by atoms with van der Waals surface area (Å²) in [7, 11) is 0. The van der Waals surface area contributed by atoms with E-state index in [0.29, 0.717) is 36.2 Å². The number of aryl methyl sites for hydroxylation is 1. The molecule has 1 amide bonds. The summed E-state index contributed by atoms with van der Waals surface area (Å²) in [5, 5.41) is 4.23. The summed E-state index contributed by atoms with van der Waals surface area (Å²) in [6.45, 7) is 1.84. The average molecular weight is 413 g/mol. The van der Waals surface area contributed by atoms with Crippen LogP contribution in [-0.2, 0) is 17.6 Å². The van der Waals surface area contributed by atoms with E-state index in [9.17, 15) is 9.18 Å². The summed E-state index contributed by atoms with van der Waals surface area (Å²) in [6.07, 6.45) is 12.3. The van der Waals surface area contributed by atoms with Crippen LogP contribution in [0.5, 0.6) is 0 Å². The Bertz CT molecular complexity index is 1010. The zero-order chi connectivity index (χ0) is 19.8. The number of allylic oxidation sites excluding steroid dienone is 3. The van der Waals surface area contributed by atoms with Crippen LogP contribution in [0.3, 0.4) is 0 Å². The third-order valence-electron chi connectivity index (χ3n) is 6.23. The van der Waals surface area contributed by atoms with Crippen LogP contribution in [0, 0.1) is 5.92 Å². The molecule has 5 nitrogen and oxygen atoms in total. The van der Waals surface area contributed by atoms with Gasteiger partial charge in [-0.3, -0.25) is 4.79 Å². The molecule has 1 atom stereocenters. The first-order chi connectivity index (χ1) is 14.2. The predicted octanol–water partition coefficient (Wildman–Crippen LogP) is 4.75. The van der Waals surface area contributed by atoms with Gasteiger partial charge >= 0.3 is 0 Å². The minimum atomic E-state index is -0.121. The smallest absolute Gasteiger partial charge is 0.222 e. The molecular formula is C22H25FN4OS. The number of nitrogens with one attached hydrogen (secondary N) is 1. The number of aromatic nitrogens is 2. The van der Waals surface area contributed by atoms with Gasteiger partial charge in [-0.1, -0.05) is 6.08 Å². The molecule has 1 aliphatic heterocycles.